The Morgan fingerprint density at radius 3 is 2.21 bits per heavy atom. The van der Waals surface area contributed by atoms with Crippen LogP contribution in [0.3, 0.4) is 0 Å². The lowest BCUT2D eigenvalue weighted by Crippen LogP contribution is -2.58. The topological polar surface area (TPSA) is 46.6 Å². The monoisotopic (exact) mass is 217 g/mol. The first-order valence-corrected chi connectivity index (χ1v) is 6.78. The molecule has 0 spiro atoms. The van der Waals surface area contributed by atoms with Crippen LogP contribution in [0.5, 0.6) is 0 Å². The van der Waals surface area contributed by atoms with Crippen molar-refractivity contribution in [3.8, 4) is 0 Å². The van der Waals surface area contributed by atoms with Gasteiger partial charge >= 0.3 is 0 Å². The molecule has 0 radical (unpaired) electrons. The highest BCUT2D eigenvalue weighted by molar-refractivity contribution is 7.89. The van der Waals surface area contributed by atoms with E-state index in [1.807, 2.05) is 0 Å². The van der Waals surface area contributed by atoms with Gasteiger partial charge in [-0.2, -0.15) is 4.31 Å². The largest absolute Gasteiger partial charge is 0.378 e. The lowest BCUT2D eigenvalue weighted by atomic mass is 10.0. The van der Waals surface area contributed by atoms with Crippen molar-refractivity contribution in [1.29, 1.82) is 0 Å². The van der Waals surface area contributed by atoms with E-state index in [0.717, 1.165) is 13.0 Å². The summed E-state index contributed by atoms with van der Waals surface area (Å²) in [5.74, 6) is 0.666. The molecule has 0 aromatic rings. The standard InChI is InChI=1S/C9H15NO3S/c11-14(12,8-5-13-6-8)10-4-3-9(10)7-1-2-7/h7-9H,1-6H2. The van der Waals surface area contributed by atoms with Gasteiger partial charge in [0.25, 0.3) is 0 Å². The van der Waals surface area contributed by atoms with Gasteiger partial charge in [0, 0.05) is 12.6 Å². The summed E-state index contributed by atoms with van der Waals surface area (Å²) in [5, 5.41) is -0.246. The molecule has 5 heteroatoms. The molecule has 1 atom stereocenters. The maximum Gasteiger partial charge on any atom is 0.221 e. The molecule has 3 rings (SSSR count). The molecular weight excluding hydrogens is 202 g/mol. The maximum atomic E-state index is 12.0. The molecule has 3 fully saturated rings. The van der Waals surface area contributed by atoms with Gasteiger partial charge in [0.2, 0.25) is 10.0 Å². The molecule has 0 aromatic carbocycles. The Morgan fingerprint density at radius 1 is 1.14 bits per heavy atom. The van der Waals surface area contributed by atoms with Crippen LogP contribution in [0.1, 0.15) is 19.3 Å². The fraction of sp³-hybridized carbons (Fsp3) is 1.00. The third-order valence-corrected chi connectivity index (χ3v) is 5.76. The molecule has 2 saturated heterocycles. The Kier molecular flexibility index (Phi) is 1.91. The summed E-state index contributed by atoms with van der Waals surface area (Å²) in [7, 11) is -3.01. The molecule has 0 amide bonds. The molecule has 3 aliphatic rings. The van der Waals surface area contributed by atoms with E-state index in [1.54, 1.807) is 4.31 Å². The second-order valence-corrected chi connectivity index (χ2v) is 6.67. The van der Waals surface area contributed by atoms with Crippen molar-refractivity contribution in [2.75, 3.05) is 19.8 Å². The minimum atomic E-state index is -3.01. The Bertz CT molecular complexity index is 332. The lowest BCUT2D eigenvalue weighted by Gasteiger charge is -2.43. The van der Waals surface area contributed by atoms with Crippen LogP contribution in [0.25, 0.3) is 0 Å². The molecule has 2 aliphatic heterocycles. The van der Waals surface area contributed by atoms with E-state index in [1.165, 1.54) is 12.8 Å². The van der Waals surface area contributed by atoms with Gasteiger partial charge in [-0.15, -0.1) is 0 Å². The van der Waals surface area contributed by atoms with Gasteiger partial charge in [-0.1, -0.05) is 0 Å². The summed E-state index contributed by atoms with van der Waals surface area (Å²) < 4.78 is 30.6. The molecule has 80 valence electrons. The van der Waals surface area contributed by atoms with Crippen LogP contribution in [0.2, 0.25) is 0 Å². The zero-order valence-electron chi connectivity index (χ0n) is 8.05. The molecule has 0 aromatic heterocycles. The summed E-state index contributed by atoms with van der Waals surface area (Å²) in [4.78, 5) is 0. The zero-order valence-corrected chi connectivity index (χ0v) is 8.87. The van der Waals surface area contributed by atoms with Gasteiger partial charge in [0.1, 0.15) is 5.25 Å². The Labute approximate surface area is 84.3 Å². The predicted molar refractivity (Wildman–Crippen MR) is 51.4 cm³/mol. The summed E-state index contributed by atoms with van der Waals surface area (Å²) in [5.41, 5.74) is 0. The highest BCUT2D eigenvalue weighted by atomic mass is 32.2. The van der Waals surface area contributed by atoms with Crippen molar-refractivity contribution in [3.63, 3.8) is 0 Å². The zero-order chi connectivity index (χ0) is 9.76. The second-order valence-electron chi connectivity index (χ2n) is 4.51. The molecule has 2 heterocycles. The quantitative estimate of drug-likeness (QED) is 0.678. The first kappa shape index (κ1) is 9.12. The smallest absolute Gasteiger partial charge is 0.221 e. The van der Waals surface area contributed by atoms with Crippen LogP contribution in [0, 0.1) is 5.92 Å². The molecule has 1 unspecified atom stereocenters. The average molecular weight is 217 g/mol. The molecular formula is C9H15NO3S. The van der Waals surface area contributed by atoms with Crippen molar-refractivity contribution in [3.05, 3.63) is 0 Å². The van der Waals surface area contributed by atoms with Crippen molar-refractivity contribution in [2.24, 2.45) is 5.92 Å². The third kappa shape index (κ3) is 1.22. The van der Waals surface area contributed by atoms with Gasteiger partial charge in [0.15, 0.2) is 0 Å². The van der Waals surface area contributed by atoms with Crippen LogP contribution in [-0.4, -0.2) is 43.8 Å². The molecule has 14 heavy (non-hydrogen) atoms. The third-order valence-electron chi connectivity index (χ3n) is 3.54. The summed E-state index contributed by atoms with van der Waals surface area (Å²) >= 11 is 0. The number of ether oxygens (including phenoxy) is 1. The van der Waals surface area contributed by atoms with E-state index >= 15 is 0 Å². The highest BCUT2D eigenvalue weighted by Gasteiger charge is 2.49. The van der Waals surface area contributed by atoms with Crippen molar-refractivity contribution in [1.82, 2.24) is 4.31 Å². The van der Waals surface area contributed by atoms with Gasteiger partial charge in [0.05, 0.1) is 13.2 Å². The fourth-order valence-electron chi connectivity index (χ4n) is 2.23. The van der Waals surface area contributed by atoms with E-state index in [0.29, 0.717) is 25.2 Å². The van der Waals surface area contributed by atoms with Gasteiger partial charge < -0.3 is 4.74 Å². The van der Waals surface area contributed by atoms with Crippen molar-refractivity contribution >= 4 is 10.0 Å². The van der Waals surface area contributed by atoms with Crippen LogP contribution in [0.15, 0.2) is 0 Å². The van der Waals surface area contributed by atoms with Gasteiger partial charge in [-0.05, 0) is 25.2 Å². The molecule has 1 aliphatic carbocycles. The lowest BCUT2D eigenvalue weighted by molar-refractivity contribution is 0.0355. The summed E-state index contributed by atoms with van der Waals surface area (Å²) in [6.45, 7) is 1.53. The molecule has 4 nitrogen and oxygen atoms in total. The number of rotatable bonds is 3. The van der Waals surface area contributed by atoms with Crippen LogP contribution in [-0.2, 0) is 14.8 Å². The maximum absolute atomic E-state index is 12.0. The molecule has 1 saturated carbocycles. The molecule has 0 bridgehead atoms. The SMILES string of the molecule is O=S(=O)(C1COC1)N1CCC1C1CC1. The van der Waals surface area contributed by atoms with Crippen molar-refractivity contribution in [2.45, 2.75) is 30.6 Å². The second kappa shape index (κ2) is 2.93. The number of sulfonamides is 1. The Balaban J connectivity index is 1.74. The van der Waals surface area contributed by atoms with Crippen LogP contribution < -0.4 is 0 Å². The average Bonchev–Trinajstić information content (AvgIpc) is 2.60. The van der Waals surface area contributed by atoms with E-state index < -0.39 is 10.0 Å². The number of hydrogen-bond acceptors (Lipinski definition) is 3. The first-order chi connectivity index (χ1) is 6.69. The number of nitrogens with zero attached hydrogens (tertiary/aromatic N) is 1. The summed E-state index contributed by atoms with van der Waals surface area (Å²) in [6, 6.07) is 0.334. The Hall–Kier alpha value is -0.130. The van der Waals surface area contributed by atoms with E-state index in [9.17, 15) is 8.42 Å². The molecule has 0 N–H and O–H groups in total. The summed E-state index contributed by atoms with van der Waals surface area (Å²) in [6.07, 6.45) is 3.51. The predicted octanol–water partition coefficient (Wildman–Crippen LogP) is 0.199. The van der Waals surface area contributed by atoms with Crippen molar-refractivity contribution < 1.29 is 13.2 Å². The minimum Gasteiger partial charge on any atom is -0.378 e. The first-order valence-electron chi connectivity index (χ1n) is 5.28. The van der Waals surface area contributed by atoms with E-state index in [2.05, 4.69) is 0 Å². The highest BCUT2D eigenvalue weighted by Crippen LogP contribution is 2.43. The van der Waals surface area contributed by atoms with E-state index in [4.69, 9.17) is 4.74 Å². The van der Waals surface area contributed by atoms with Crippen LogP contribution >= 0.6 is 0 Å². The normalized spacial score (nSPS) is 35.0. The fourth-order valence-corrected chi connectivity index (χ4v) is 4.16. The van der Waals surface area contributed by atoms with Crippen LogP contribution in [0.4, 0.5) is 0 Å². The van der Waals surface area contributed by atoms with E-state index in [-0.39, 0.29) is 5.25 Å². The number of hydrogen-bond donors (Lipinski definition) is 0. The minimum absolute atomic E-state index is 0.246. The van der Waals surface area contributed by atoms with Gasteiger partial charge in [-0.3, -0.25) is 0 Å². The Morgan fingerprint density at radius 2 is 1.86 bits per heavy atom. The van der Waals surface area contributed by atoms with Gasteiger partial charge in [-0.25, -0.2) is 8.42 Å².